The van der Waals surface area contributed by atoms with E-state index in [0.29, 0.717) is 22.2 Å². The van der Waals surface area contributed by atoms with Gasteiger partial charge >= 0.3 is 0 Å². The first-order valence-electron chi connectivity index (χ1n) is 11.8. The van der Waals surface area contributed by atoms with Crippen molar-refractivity contribution < 1.29 is 9.72 Å². The molecular weight excluding hydrogens is 482 g/mol. The molecule has 2 aliphatic rings. The third kappa shape index (κ3) is 5.31. The molecule has 1 fully saturated rings. The van der Waals surface area contributed by atoms with Crippen LogP contribution in [0.4, 0.5) is 16.4 Å². The lowest BCUT2D eigenvalue weighted by molar-refractivity contribution is -0.384. The molecule has 1 unspecified atom stereocenters. The molecule has 35 heavy (non-hydrogen) atoms. The molecule has 1 amide bonds. The van der Waals surface area contributed by atoms with E-state index in [-0.39, 0.29) is 21.8 Å². The number of anilines is 2. The highest BCUT2D eigenvalue weighted by Gasteiger charge is 2.32. The van der Waals surface area contributed by atoms with Crippen LogP contribution < -0.4 is 15.5 Å². The summed E-state index contributed by atoms with van der Waals surface area (Å²) in [6, 6.07) is 6.80. The second-order valence-electron chi connectivity index (χ2n) is 10.2. The number of benzene rings is 1. The van der Waals surface area contributed by atoms with Crippen molar-refractivity contribution in [1.82, 2.24) is 5.32 Å². The number of thiocarbonyl (C=S) groups is 1. The molecule has 4 rings (SSSR count). The number of rotatable bonds is 4. The first kappa shape index (κ1) is 25.1. The van der Waals surface area contributed by atoms with Gasteiger partial charge in [0.1, 0.15) is 16.8 Å². The van der Waals surface area contributed by atoms with E-state index in [1.807, 2.05) is 4.90 Å². The molecule has 2 aromatic rings. The van der Waals surface area contributed by atoms with E-state index >= 15 is 0 Å². The molecule has 1 aliphatic heterocycles. The molecular formula is C25H29N5O3S2. The summed E-state index contributed by atoms with van der Waals surface area (Å²) in [5, 5.41) is 27.7. The molecule has 1 aromatic carbocycles. The number of nitrogens with zero attached hydrogens (tertiary/aromatic N) is 3. The molecule has 0 radical (unpaired) electrons. The Morgan fingerprint density at radius 2 is 2.03 bits per heavy atom. The maximum Gasteiger partial charge on any atom is 0.293 e. The van der Waals surface area contributed by atoms with Crippen molar-refractivity contribution in [2.75, 3.05) is 23.3 Å². The van der Waals surface area contributed by atoms with E-state index in [2.05, 4.69) is 37.5 Å². The molecule has 0 spiro atoms. The predicted molar refractivity (Wildman–Crippen MR) is 142 cm³/mol. The highest BCUT2D eigenvalue weighted by Crippen LogP contribution is 2.44. The van der Waals surface area contributed by atoms with Crippen molar-refractivity contribution in [2.45, 2.75) is 52.9 Å². The van der Waals surface area contributed by atoms with Crippen molar-refractivity contribution in [3.8, 4) is 6.07 Å². The molecule has 1 atom stereocenters. The molecule has 1 aliphatic carbocycles. The van der Waals surface area contributed by atoms with Gasteiger partial charge in [-0.1, -0.05) is 20.8 Å². The van der Waals surface area contributed by atoms with E-state index in [1.165, 1.54) is 22.3 Å². The smallest absolute Gasteiger partial charge is 0.293 e. The number of fused-ring (bicyclic) bond motifs is 1. The number of nitrogens with one attached hydrogen (secondary N) is 2. The zero-order valence-corrected chi connectivity index (χ0v) is 21.8. The Hall–Kier alpha value is -3.03. The van der Waals surface area contributed by atoms with Gasteiger partial charge in [0.15, 0.2) is 5.11 Å². The SMILES string of the molecule is CC(C)(C)C1CCc2c(sc(NC(=S)NC(=O)c3ccc(N4CCCC4)c([N+](=O)[O-])c3)c2C#N)C1. The second kappa shape index (κ2) is 9.91. The molecule has 184 valence electrons. The quantitative estimate of drug-likeness (QED) is 0.321. The summed E-state index contributed by atoms with van der Waals surface area (Å²) in [7, 11) is 0. The molecule has 2 N–H and O–H groups in total. The molecule has 8 nitrogen and oxygen atoms in total. The fourth-order valence-corrected chi connectivity index (χ4v) is 6.42. The maximum absolute atomic E-state index is 12.8. The highest BCUT2D eigenvalue weighted by molar-refractivity contribution is 7.80. The lowest BCUT2D eigenvalue weighted by atomic mass is 9.72. The van der Waals surface area contributed by atoms with Crippen molar-refractivity contribution in [1.29, 1.82) is 5.26 Å². The molecule has 1 aromatic heterocycles. The van der Waals surface area contributed by atoms with Crippen LogP contribution in [0.15, 0.2) is 18.2 Å². The zero-order chi connectivity index (χ0) is 25.3. The Morgan fingerprint density at radius 1 is 1.31 bits per heavy atom. The van der Waals surface area contributed by atoms with Crippen molar-refractivity contribution >= 4 is 51.0 Å². The van der Waals surface area contributed by atoms with Crippen LogP contribution in [0.5, 0.6) is 0 Å². The Balaban J connectivity index is 1.48. The monoisotopic (exact) mass is 511 g/mol. The Bertz CT molecular complexity index is 1220. The van der Waals surface area contributed by atoms with Gasteiger partial charge in [-0.2, -0.15) is 5.26 Å². The first-order valence-corrected chi connectivity index (χ1v) is 13.0. The summed E-state index contributed by atoms with van der Waals surface area (Å²) < 4.78 is 0. The number of thiophene rings is 1. The lowest BCUT2D eigenvalue weighted by Crippen LogP contribution is -2.34. The molecule has 0 saturated carbocycles. The average molecular weight is 512 g/mol. The van der Waals surface area contributed by atoms with Crippen LogP contribution in [0.1, 0.15) is 66.4 Å². The van der Waals surface area contributed by atoms with Gasteiger partial charge in [0.05, 0.1) is 10.5 Å². The molecule has 1 saturated heterocycles. The number of nitro benzene ring substituents is 1. The van der Waals surface area contributed by atoms with Crippen LogP contribution in [0.2, 0.25) is 0 Å². The van der Waals surface area contributed by atoms with Gasteiger partial charge in [-0.25, -0.2) is 0 Å². The predicted octanol–water partition coefficient (Wildman–Crippen LogP) is 5.41. The van der Waals surface area contributed by atoms with Gasteiger partial charge in [-0.3, -0.25) is 20.2 Å². The van der Waals surface area contributed by atoms with Gasteiger partial charge in [0, 0.05) is 29.6 Å². The standard InChI is InChI=1S/C25H29N5O3S2/c1-25(2,3)16-7-8-17-18(14-26)23(35-21(17)13-16)28-24(34)27-22(31)15-6-9-19(20(12-15)30(32)33)29-10-4-5-11-29/h6,9,12,16H,4-5,7-8,10-11,13H2,1-3H3,(H2,27,28,31,34). The normalized spacial score (nSPS) is 17.4. The third-order valence-corrected chi connectivity index (χ3v) is 8.31. The second-order valence-corrected chi connectivity index (χ2v) is 11.7. The van der Waals surface area contributed by atoms with E-state index in [4.69, 9.17) is 12.2 Å². The first-order chi connectivity index (χ1) is 16.6. The van der Waals surface area contributed by atoms with Crippen LogP contribution >= 0.6 is 23.6 Å². The van der Waals surface area contributed by atoms with Crippen LogP contribution in [-0.4, -0.2) is 29.0 Å². The maximum atomic E-state index is 12.8. The lowest BCUT2D eigenvalue weighted by Gasteiger charge is -2.33. The van der Waals surface area contributed by atoms with Crippen LogP contribution in [0.25, 0.3) is 0 Å². The average Bonchev–Trinajstić information content (AvgIpc) is 3.45. The minimum atomic E-state index is -0.536. The third-order valence-electron chi connectivity index (χ3n) is 6.94. The fourth-order valence-electron chi connectivity index (χ4n) is 4.88. The minimum absolute atomic E-state index is 0.0590. The zero-order valence-electron chi connectivity index (χ0n) is 20.1. The van der Waals surface area contributed by atoms with Gasteiger partial charge in [-0.05, 0) is 73.4 Å². The Labute approximate surface area is 214 Å². The largest absolute Gasteiger partial charge is 0.366 e. The summed E-state index contributed by atoms with van der Waals surface area (Å²) in [4.78, 5) is 27.2. The van der Waals surface area contributed by atoms with Crippen molar-refractivity contribution in [3.05, 3.63) is 49.9 Å². The number of amides is 1. The van der Waals surface area contributed by atoms with Crippen LogP contribution in [0.3, 0.4) is 0 Å². The number of carbonyl (C=O) groups is 1. The number of hydrogen-bond donors (Lipinski definition) is 2. The summed E-state index contributed by atoms with van der Waals surface area (Å²) in [5.41, 5.74) is 2.44. The summed E-state index contributed by atoms with van der Waals surface area (Å²) in [6.07, 6.45) is 4.80. The van der Waals surface area contributed by atoms with Crippen molar-refractivity contribution in [2.24, 2.45) is 11.3 Å². The molecule has 10 heteroatoms. The number of nitro groups is 1. The van der Waals surface area contributed by atoms with Crippen LogP contribution in [-0.2, 0) is 12.8 Å². The van der Waals surface area contributed by atoms with E-state index in [0.717, 1.165) is 50.8 Å². The van der Waals surface area contributed by atoms with E-state index < -0.39 is 10.8 Å². The molecule has 0 bridgehead atoms. The topological polar surface area (TPSA) is 111 Å². The van der Waals surface area contributed by atoms with Gasteiger partial charge in [-0.15, -0.1) is 11.3 Å². The summed E-state index contributed by atoms with van der Waals surface area (Å²) >= 11 is 6.87. The van der Waals surface area contributed by atoms with E-state index in [9.17, 15) is 20.2 Å². The Kier molecular flexibility index (Phi) is 7.10. The van der Waals surface area contributed by atoms with Gasteiger partial charge in [0.25, 0.3) is 11.6 Å². The number of nitriles is 1. The van der Waals surface area contributed by atoms with Crippen LogP contribution in [0, 0.1) is 32.8 Å². The van der Waals surface area contributed by atoms with Gasteiger partial charge in [0.2, 0.25) is 0 Å². The fraction of sp³-hybridized carbons (Fsp3) is 0.480. The number of carbonyl (C=O) groups excluding carboxylic acids is 1. The minimum Gasteiger partial charge on any atom is -0.366 e. The van der Waals surface area contributed by atoms with Crippen molar-refractivity contribution in [3.63, 3.8) is 0 Å². The summed E-state index contributed by atoms with van der Waals surface area (Å²) in [5.74, 6) is 0.00483. The molecule has 2 heterocycles. The van der Waals surface area contributed by atoms with E-state index in [1.54, 1.807) is 12.1 Å². The Morgan fingerprint density at radius 3 is 2.66 bits per heavy atom. The summed E-state index contributed by atoms with van der Waals surface area (Å²) in [6.45, 7) is 8.26. The van der Waals surface area contributed by atoms with Gasteiger partial charge < -0.3 is 10.2 Å². The highest BCUT2D eigenvalue weighted by atomic mass is 32.1. The number of hydrogen-bond acceptors (Lipinski definition) is 7.